The van der Waals surface area contributed by atoms with Gasteiger partial charge in [-0.3, -0.25) is 0 Å². The molecule has 1 nitrogen and oxygen atoms in total. The van der Waals surface area contributed by atoms with Crippen LogP contribution in [0.4, 0.5) is 0 Å². The molecule has 1 N–H and O–H groups in total. The van der Waals surface area contributed by atoms with Crippen molar-refractivity contribution in [2.75, 3.05) is 6.54 Å². The van der Waals surface area contributed by atoms with Crippen molar-refractivity contribution in [1.29, 1.82) is 0 Å². The maximum atomic E-state index is 3.79. The number of rotatable bonds is 2. The third kappa shape index (κ3) is 2.16. The van der Waals surface area contributed by atoms with E-state index in [9.17, 15) is 0 Å². The summed E-state index contributed by atoms with van der Waals surface area (Å²) in [5, 5.41) is 3.79. The van der Waals surface area contributed by atoms with Crippen molar-refractivity contribution in [1.82, 2.24) is 5.32 Å². The molecule has 0 aromatic carbocycles. The van der Waals surface area contributed by atoms with Crippen molar-refractivity contribution in [2.45, 2.75) is 65.3 Å². The van der Waals surface area contributed by atoms with E-state index in [4.69, 9.17) is 0 Å². The van der Waals surface area contributed by atoms with E-state index in [0.717, 1.165) is 23.7 Å². The Hall–Kier alpha value is -0.0400. The number of hydrogen-bond donors (Lipinski definition) is 1. The van der Waals surface area contributed by atoms with E-state index in [1.165, 1.54) is 25.8 Å². The molecule has 4 aliphatic carbocycles. The van der Waals surface area contributed by atoms with Crippen molar-refractivity contribution >= 4 is 0 Å². The van der Waals surface area contributed by atoms with Gasteiger partial charge in [-0.25, -0.2) is 0 Å². The molecule has 4 aliphatic rings. The maximum absolute atomic E-state index is 3.79. The SMILES string of the molecule is CC1C2CC3CC1CC(CNC(C)(C)C)(C3)C2. The van der Waals surface area contributed by atoms with Crippen LogP contribution in [0.5, 0.6) is 0 Å². The van der Waals surface area contributed by atoms with Crippen molar-refractivity contribution in [3.8, 4) is 0 Å². The van der Waals surface area contributed by atoms with Crippen LogP contribution in [0.15, 0.2) is 0 Å². The van der Waals surface area contributed by atoms with Crippen LogP contribution in [-0.4, -0.2) is 12.1 Å². The van der Waals surface area contributed by atoms with Gasteiger partial charge in [0.15, 0.2) is 0 Å². The standard InChI is InChI=1S/C16H29N/c1-11-13-5-12-6-14(11)9-16(7-12,8-13)10-17-15(2,3)4/h11-14,17H,5-10H2,1-4H3. The Kier molecular flexibility index (Phi) is 2.63. The molecule has 4 saturated carbocycles. The Morgan fingerprint density at radius 2 is 1.65 bits per heavy atom. The summed E-state index contributed by atoms with van der Waals surface area (Å²) < 4.78 is 0. The van der Waals surface area contributed by atoms with Gasteiger partial charge in [-0.05, 0) is 82.0 Å². The topological polar surface area (TPSA) is 12.0 Å². The van der Waals surface area contributed by atoms with Gasteiger partial charge in [0.05, 0.1) is 0 Å². The fourth-order valence-corrected chi connectivity index (χ4v) is 5.12. The zero-order chi connectivity index (χ0) is 12.3. The summed E-state index contributed by atoms with van der Waals surface area (Å²) in [4.78, 5) is 0. The molecule has 2 atom stereocenters. The van der Waals surface area contributed by atoms with Gasteiger partial charge >= 0.3 is 0 Å². The highest BCUT2D eigenvalue weighted by atomic mass is 15.0. The first-order valence-corrected chi connectivity index (χ1v) is 7.62. The highest BCUT2D eigenvalue weighted by molar-refractivity contribution is 5.05. The summed E-state index contributed by atoms with van der Waals surface area (Å²) >= 11 is 0. The predicted molar refractivity (Wildman–Crippen MR) is 72.9 cm³/mol. The molecule has 17 heavy (non-hydrogen) atoms. The zero-order valence-corrected chi connectivity index (χ0v) is 12.1. The predicted octanol–water partition coefficient (Wildman–Crippen LogP) is 3.84. The van der Waals surface area contributed by atoms with Gasteiger partial charge in [0.1, 0.15) is 0 Å². The van der Waals surface area contributed by atoms with Crippen molar-refractivity contribution in [2.24, 2.45) is 29.1 Å². The third-order valence-corrected chi connectivity index (χ3v) is 5.87. The second-order valence-corrected chi connectivity index (χ2v) is 8.43. The quantitative estimate of drug-likeness (QED) is 0.767. The minimum absolute atomic E-state index is 0.287. The fraction of sp³-hybridized carbons (Fsp3) is 1.00. The molecule has 0 aromatic rings. The van der Waals surface area contributed by atoms with Gasteiger partial charge in [-0.1, -0.05) is 6.92 Å². The summed E-state index contributed by atoms with van der Waals surface area (Å²) in [6.45, 7) is 10.7. The van der Waals surface area contributed by atoms with Crippen molar-refractivity contribution in [3.63, 3.8) is 0 Å². The van der Waals surface area contributed by atoms with E-state index in [2.05, 4.69) is 33.0 Å². The smallest absolute Gasteiger partial charge is 0.00967 e. The molecule has 98 valence electrons. The minimum atomic E-state index is 0.287. The molecular formula is C16H29N. The Bertz CT molecular complexity index is 285. The number of hydrogen-bond acceptors (Lipinski definition) is 1. The van der Waals surface area contributed by atoms with Crippen LogP contribution in [0.25, 0.3) is 0 Å². The average molecular weight is 235 g/mol. The highest BCUT2D eigenvalue weighted by Gasteiger charge is 2.53. The van der Waals surface area contributed by atoms with E-state index in [1.807, 2.05) is 0 Å². The fourth-order valence-electron chi connectivity index (χ4n) is 5.12. The van der Waals surface area contributed by atoms with E-state index < -0.39 is 0 Å². The molecular weight excluding hydrogens is 206 g/mol. The van der Waals surface area contributed by atoms with Gasteiger partial charge in [-0.15, -0.1) is 0 Å². The molecule has 1 heteroatoms. The average Bonchev–Trinajstić information content (AvgIpc) is 2.21. The highest BCUT2D eigenvalue weighted by Crippen LogP contribution is 2.61. The zero-order valence-electron chi connectivity index (χ0n) is 12.1. The molecule has 4 rings (SSSR count). The van der Waals surface area contributed by atoms with Crippen molar-refractivity contribution in [3.05, 3.63) is 0 Å². The van der Waals surface area contributed by atoms with E-state index in [1.54, 1.807) is 12.8 Å². The third-order valence-electron chi connectivity index (χ3n) is 5.87. The van der Waals surface area contributed by atoms with E-state index in [0.29, 0.717) is 5.41 Å². The Morgan fingerprint density at radius 1 is 1.06 bits per heavy atom. The van der Waals surface area contributed by atoms with Gasteiger partial charge < -0.3 is 5.32 Å². The lowest BCUT2D eigenvalue weighted by Crippen LogP contribution is -2.55. The van der Waals surface area contributed by atoms with Gasteiger partial charge in [-0.2, -0.15) is 0 Å². The van der Waals surface area contributed by atoms with Crippen LogP contribution >= 0.6 is 0 Å². The summed E-state index contributed by atoms with van der Waals surface area (Å²) in [5.41, 5.74) is 0.964. The largest absolute Gasteiger partial charge is 0.312 e. The first kappa shape index (κ1) is 12.0. The van der Waals surface area contributed by atoms with Crippen LogP contribution in [0.2, 0.25) is 0 Å². The lowest BCUT2D eigenvalue weighted by Gasteiger charge is -2.60. The molecule has 0 saturated heterocycles. The Morgan fingerprint density at radius 3 is 2.18 bits per heavy atom. The van der Waals surface area contributed by atoms with Crippen LogP contribution < -0.4 is 5.32 Å². The molecule has 0 heterocycles. The summed E-state index contributed by atoms with van der Waals surface area (Å²) in [5.74, 6) is 4.21. The van der Waals surface area contributed by atoms with Gasteiger partial charge in [0, 0.05) is 12.1 Å². The number of nitrogens with one attached hydrogen (secondary N) is 1. The van der Waals surface area contributed by atoms with Crippen LogP contribution in [-0.2, 0) is 0 Å². The monoisotopic (exact) mass is 235 g/mol. The summed E-state index contributed by atoms with van der Waals surface area (Å²) in [6, 6.07) is 0. The molecule has 2 unspecified atom stereocenters. The minimum Gasteiger partial charge on any atom is -0.312 e. The molecule has 0 amide bonds. The lowest BCUT2D eigenvalue weighted by atomic mass is 9.46. The van der Waals surface area contributed by atoms with Gasteiger partial charge in [0.25, 0.3) is 0 Å². The first-order valence-electron chi connectivity index (χ1n) is 7.62. The molecule has 4 fully saturated rings. The van der Waals surface area contributed by atoms with Crippen LogP contribution in [0, 0.1) is 29.1 Å². The second kappa shape index (κ2) is 3.73. The summed E-state index contributed by atoms with van der Waals surface area (Å²) in [6.07, 6.45) is 7.66. The Labute approximate surface area is 107 Å². The molecule has 0 spiro atoms. The molecule has 0 aromatic heterocycles. The second-order valence-electron chi connectivity index (χ2n) is 8.43. The van der Waals surface area contributed by atoms with Crippen LogP contribution in [0.1, 0.15) is 59.8 Å². The van der Waals surface area contributed by atoms with E-state index >= 15 is 0 Å². The van der Waals surface area contributed by atoms with Crippen molar-refractivity contribution < 1.29 is 0 Å². The van der Waals surface area contributed by atoms with Crippen LogP contribution in [0.3, 0.4) is 0 Å². The Balaban J connectivity index is 1.72. The molecule has 0 radical (unpaired) electrons. The van der Waals surface area contributed by atoms with Gasteiger partial charge in [0.2, 0.25) is 0 Å². The first-order chi connectivity index (χ1) is 7.87. The molecule has 0 aliphatic heterocycles. The normalized spacial score (nSPS) is 48.7. The lowest BCUT2D eigenvalue weighted by molar-refractivity contribution is -0.0895. The van der Waals surface area contributed by atoms with E-state index in [-0.39, 0.29) is 5.54 Å². The molecule has 4 bridgehead atoms. The maximum Gasteiger partial charge on any atom is 0.00967 e. The summed E-state index contributed by atoms with van der Waals surface area (Å²) in [7, 11) is 0.